The fourth-order valence-electron chi connectivity index (χ4n) is 1.92. The predicted octanol–water partition coefficient (Wildman–Crippen LogP) is 1.98. The number of aliphatic hydroxyl groups is 1. The normalized spacial score (nSPS) is 16.6. The molecule has 1 aliphatic rings. The van der Waals surface area contributed by atoms with Gasteiger partial charge in [-0.2, -0.15) is 0 Å². The van der Waals surface area contributed by atoms with Gasteiger partial charge in [-0.25, -0.2) is 4.98 Å². The standard InChI is InChI=1S/C13H20N2O3/c1-2-7-18-13(17)6-5-12(16)11-8-14-9-15(11)10-3-4-10/h8-10,12,16H,2-7H2,1H3. The smallest absolute Gasteiger partial charge is 0.305 e. The average Bonchev–Trinajstić information content (AvgIpc) is 3.10. The number of nitrogens with zero attached hydrogens (tertiary/aromatic N) is 2. The molecule has 1 heterocycles. The maximum atomic E-state index is 11.4. The number of ether oxygens (including phenoxy) is 1. The molecule has 1 atom stereocenters. The fraction of sp³-hybridized carbons (Fsp3) is 0.692. The van der Waals surface area contributed by atoms with Gasteiger partial charge in [-0.05, 0) is 25.7 Å². The number of carbonyl (C=O) groups excluding carboxylic acids is 1. The van der Waals surface area contributed by atoms with E-state index < -0.39 is 6.10 Å². The highest BCUT2D eigenvalue weighted by atomic mass is 16.5. The molecular weight excluding hydrogens is 232 g/mol. The Balaban J connectivity index is 1.81. The summed E-state index contributed by atoms with van der Waals surface area (Å²) in [5, 5.41) is 10.1. The van der Waals surface area contributed by atoms with Crippen molar-refractivity contribution in [1.29, 1.82) is 0 Å². The van der Waals surface area contributed by atoms with Gasteiger partial charge in [0.2, 0.25) is 0 Å². The minimum Gasteiger partial charge on any atom is -0.466 e. The van der Waals surface area contributed by atoms with Gasteiger partial charge in [0.15, 0.2) is 0 Å². The molecule has 0 aliphatic heterocycles. The minimum absolute atomic E-state index is 0.242. The van der Waals surface area contributed by atoms with Crippen LogP contribution in [-0.2, 0) is 9.53 Å². The summed E-state index contributed by atoms with van der Waals surface area (Å²) in [5.41, 5.74) is 0.806. The van der Waals surface area contributed by atoms with Gasteiger partial charge < -0.3 is 14.4 Å². The van der Waals surface area contributed by atoms with Crippen LogP contribution in [0.4, 0.5) is 0 Å². The highest BCUT2D eigenvalue weighted by molar-refractivity contribution is 5.69. The van der Waals surface area contributed by atoms with Gasteiger partial charge in [0.05, 0.1) is 30.9 Å². The van der Waals surface area contributed by atoms with E-state index >= 15 is 0 Å². The van der Waals surface area contributed by atoms with Crippen molar-refractivity contribution in [1.82, 2.24) is 9.55 Å². The second kappa shape index (κ2) is 6.00. The largest absolute Gasteiger partial charge is 0.466 e. The van der Waals surface area contributed by atoms with Crippen LogP contribution in [0.5, 0.6) is 0 Å². The van der Waals surface area contributed by atoms with E-state index in [1.165, 1.54) is 0 Å². The monoisotopic (exact) mass is 252 g/mol. The lowest BCUT2D eigenvalue weighted by Gasteiger charge is -2.13. The third-order valence-corrected chi connectivity index (χ3v) is 3.07. The second-order valence-electron chi connectivity index (χ2n) is 4.73. The molecule has 100 valence electrons. The predicted molar refractivity (Wildman–Crippen MR) is 65.9 cm³/mol. The van der Waals surface area contributed by atoms with Gasteiger partial charge in [-0.1, -0.05) is 6.92 Å². The summed E-state index contributed by atoms with van der Waals surface area (Å²) in [4.78, 5) is 15.4. The van der Waals surface area contributed by atoms with Crippen molar-refractivity contribution in [3.8, 4) is 0 Å². The van der Waals surface area contributed by atoms with Gasteiger partial charge in [-0.3, -0.25) is 4.79 Å². The van der Waals surface area contributed by atoms with Crippen LogP contribution < -0.4 is 0 Å². The lowest BCUT2D eigenvalue weighted by Crippen LogP contribution is -2.10. The molecule has 0 amide bonds. The lowest BCUT2D eigenvalue weighted by atomic mass is 10.1. The molecule has 0 saturated heterocycles. The minimum atomic E-state index is -0.637. The van der Waals surface area contributed by atoms with Gasteiger partial charge in [0.25, 0.3) is 0 Å². The zero-order valence-corrected chi connectivity index (χ0v) is 10.7. The van der Waals surface area contributed by atoms with Crippen molar-refractivity contribution in [3.63, 3.8) is 0 Å². The van der Waals surface area contributed by atoms with Crippen LogP contribution in [0.25, 0.3) is 0 Å². The molecule has 1 unspecified atom stereocenters. The first-order valence-electron chi connectivity index (χ1n) is 6.57. The van der Waals surface area contributed by atoms with Crippen molar-refractivity contribution in [2.24, 2.45) is 0 Å². The van der Waals surface area contributed by atoms with Gasteiger partial charge in [0, 0.05) is 12.5 Å². The third kappa shape index (κ3) is 3.32. The van der Waals surface area contributed by atoms with E-state index in [2.05, 4.69) is 4.98 Å². The average molecular weight is 252 g/mol. The van der Waals surface area contributed by atoms with E-state index in [4.69, 9.17) is 4.74 Å². The Labute approximate surface area is 107 Å². The summed E-state index contributed by atoms with van der Waals surface area (Å²) < 4.78 is 6.99. The zero-order valence-electron chi connectivity index (χ0n) is 10.7. The number of imidazole rings is 1. The van der Waals surface area contributed by atoms with Crippen molar-refractivity contribution >= 4 is 5.97 Å². The Morgan fingerprint density at radius 2 is 2.44 bits per heavy atom. The molecule has 5 nitrogen and oxygen atoms in total. The summed E-state index contributed by atoms with van der Waals surface area (Å²) in [6.07, 6.45) is 6.55. The summed E-state index contributed by atoms with van der Waals surface area (Å²) in [6.45, 7) is 2.41. The molecule has 0 spiro atoms. The number of rotatable bonds is 7. The highest BCUT2D eigenvalue weighted by Crippen LogP contribution is 2.37. The summed E-state index contributed by atoms with van der Waals surface area (Å²) in [7, 11) is 0. The summed E-state index contributed by atoms with van der Waals surface area (Å²) >= 11 is 0. The third-order valence-electron chi connectivity index (χ3n) is 3.07. The van der Waals surface area contributed by atoms with Crippen LogP contribution in [0, 0.1) is 0 Å². The van der Waals surface area contributed by atoms with Crippen LogP contribution in [-0.4, -0.2) is 27.2 Å². The molecule has 1 N–H and O–H groups in total. The first-order valence-corrected chi connectivity index (χ1v) is 6.57. The number of aliphatic hydroxyl groups excluding tert-OH is 1. The van der Waals surface area contributed by atoms with E-state index in [0.717, 1.165) is 25.0 Å². The topological polar surface area (TPSA) is 64.3 Å². The summed E-state index contributed by atoms with van der Waals surface area (Å²) in [6, 6.07) is 0.490. The number of hydrogen-bond donors (Lipinski definition) is 1. The maximum absolute atomic E-state index is 11.4. The van der Waals surface area contributed by atoms with Gasteiger partial charge in [-0.15, -0.1) is 0 Å². The quantitative estimate of drug-likeness (QED) is 0.754. The Morgan fingerprint density at radius 3 is 3.11 bits per heavy atom. The van der Waals surface area contributed by atoms with Crippen LogP contribution in [0.1, 0.15) is 56.9 Å². The van der Waals surface area contributed by atoms with Crippen molar-refractivity contribution in [3.05, 3.63) is 18.2 Å². The van der Waals surface area contributed by atoms with Gasteiger partial charge >= 0.3 is 5.97 Å². The molecule has 18 heavy (non-hydrogen) atoms. The number of carbonyl (C=O) groups is 1. The molecule has 1 aromatic rings. The number of hydrogen-bond acceptors (Lipinski definition) is 4. The Bertz CT molecular complexity index is 399. The van der Waals surface area contributed by atoms with Crippen molar-refractivity contribution in [2.75, 3.05) is 6.61 Å². The van der Waals surface area contributed by atoms with Crippen LogP contribution >= 0.6 is 0 Å². The molecule has 0 bridgehead atoms. The number of esters is 1. The SMILES string of the molecule is CCCOC(=O)CCC(O)c1cncn1C1CC1. The van der Waals surface area contributed by atoms with E-state index in [-0.39, 0.29) is 12.4 Å². The molecule has 1 saturated carbocycles. The lowest BCUT2D eigenvalue weighted by molar-refractivity contribution is -0.144. The van der Waals surface area contributed by atoms with Crippen LogP contribution in [0.15, 0.2) is 12.5 Å². The highest BCUT2D eigenvalue weighted by Gasteiger charge is 2.27. The number of aromatic nitrogens is 2. The van der Waals surface area contributed by atoms with E-state index in [9.17, 15) is 9.90 Å². The van der Waals surface area contributed by atoms with Crippen LogP contribution in [0.3, 0.4) is 0 Å². The van der Waals surface area contributed by atoms with E-state index in [1.54, 1.807) is 12.5 Å². The van der Waals surface area contributed by atoms with E-state index in [0.29, 0.717) is 19.1 Å². The molecule has 0 aromatic carbocycles. The Kier molecular flexibility index (Phi) is 4.36. The van der Waals surface area contributed by atoms with Crippen LogP contribution in [0.2, 0.25) is 0 Å². The summed E-state index contributed by atoms with van der Waals surface area (Å²) in [5.74, 6) is -0.242. The Hall–Kier alpha value is -1.36. The molecule has 5 heteroatoms. The first kappa shape index (κ1) is 13.1. The fourth-order valence-corrected chi connectivity index (χ4v) is 1.92. The molecular formula is C13H20N2O3. The van der Waals surface area contributed by atoms with Crippen molar-refractivity contribution < 1.29 is 14.6 Å². The second-order valence-corrected chi connectivity index (χ2v) is 4.73. The first-order chi connectivity index (χ1) is 8.72. The molecule has 1 aliphatic carbocycles. The zero-order chi connectivity index (χ0) is 13.0. The molecule has 1 aromatic heterocycles. The Morgan fingerprint density at radius 1 is 1.67 bits per heavy atom. The molecule has 0 radical (unpaired) electrons. The molecule has 2 rings (SSSR count). The maximum Gasteiger partial charge on any atom is 0.305 e. The van der Waals surface area contributed by atoms with Crippen molar-refractivity contribution in [2.45, 2.75) is 51.2 Å². The molecule has 1 fully saturated rings. The van der Waals surface area contributed by atoms with E-state index in [1.807, 2.05) is 11.5 Å². The van der Waals surface area contributed by atoms with Gasteiger partial charge in [0.1, 0.15) is 0 Å².